The van der Waals surface area contributed by atoms with Crippen LogP contribution in [0.25, 0.3) is 16.9 Å². The highest BCUT2D eigenvalue weighted by atomic mass is 19.3. The average Bonchev–Trinajstić information content (AvgIpc) is 3.40. The number of aliphatic hydroxyl groups is 2. The minimum atomic E-state index is -3.04. The van der Waals surface area contributed by atoms with Crippen LogP contribution >= 0.6 is 0 Å². The molecule has 2 N–H and O–H groups in total. The van der Waals surface area contributed by atoms with Crippen molar-refractivity contribution in [2.45, 2.75) is 56.0 Å². The summed E-state index contributed by atoms with van der Waals surface area (Å²) in [4.78, 5) is 28.4. The van der Waals surface area contributed by atoms with Gasteiger partial charge in [-0.15, -0.1) is 0 Å². The normalized spacial score (nSPS) is 27.4. The van der Waals surface area contributed by atoms with Gasteiger partial charge in [0.25, 0.3) is 5.91 Å². The minimum Gasteiger partial charge on any atom is -0.434 e. The fourth-order valence-corrected chi connectivity index (χ4v) is 6.45. The van der Waals surface area contributed by atoms with E-state index < -0.39 is 23.7 Å². The van der Waals surface area contributed by atoms with Crippen LogP contribution in [0.15, 0.2) is 42.9 Å². The van der Waals surface area contributed by atoms with Crippen LogP contribution in [0.3, 0.4) is 0 Å². The first kappa shape index (κ1) is 24.0. The highest BCUT2D eigenvalue weighted by Gasteiger charge is 2.53. The number of hydrogen-bond donors (Lipinski definition) is 2. The molecule has 3 aliphatic rings. The van der Waals surface area contributed by atoms with Crippen molar-refractivity contribution in [3.63, 3.8) is 0 Å². The van der Waals surface area contributed by atoms with E-state index in [1.807, 2.05) is 0 Å². The van der Waals surface area contributed by atoms with Gasteiger partial charge in [-0.25, -0.2) is 19.5 Å². The van der Waals surface area contributed by atoms with E-state index in [1.54, 1.807) is 60.2 Å². The number of rotatable bonds is 4. The molecule has 10 nitrogen and oxygen atoms in total. The number of aromatic nitrogens is 5. The maximum Gasteiger partial charge on any atom is 0.387 e. The predicted molar refractivity (Wildman–Crippen MR) is 132 cm³/mol. The number of amides is 1. The Morgan fingerprint density at radius 3 is 2.56 bits per heavy atom. The second-order valence-electron chi connectivity index (χ2n) is 10.9. The summed E-state index contributed by atoms with van der Waals surface area (Å²) >= 11 is 0. The van der Waals surface area contributed by atoms with E-state index in [0.717, 1.165) is 5.56 Å². The van der Waals surface area contributed by atoms with E-state index in [-0.39, 0.29) is 36.4 Å². The molecule has 4 heterocycles. The highest BCUT2D eigenvalue weighted by molar-refractivity contribution is 5.98. The zero-order chi connectivity index (χ0) is 27.3. The van der Waals surface area contributed by atoms with Crippen LogP contribution in [0.5, 0.6) is 5.75 Å². The number of halogens is 2. The molecule has 2 aliphatic carbocycles. The summed E-state index contributed by atoms with van der Waals surface area (Å²) in [7, 11) is 1.69. The molecule has 1 saturated carbocycles. The lowest BCUT2D eigenvalue weighted by atomic mass is 9.68. The molecular weight excluding hydrogens is 510 g/mol. The largest absolute Gasteiger partial charge is 0.434 e. The zero-order valence-corrected chi connectivity index (χ0v) is 21.0. The number of hydrogen-bond acceptors (Lipinski definition) is 8. The van der Waals surface area contributed by atoms with Crippen LogP contribution < -0.4 is 4.74 Å². The molecule has 7 rings (SSSR count). The van der Waals surface area contributed by atoms with Crippen LogP contribution in [0, 0.1) is 0 Å². The number of benzene rings is 1. The number of fused-ring (bicyclic) bond motifs is 9. The van der Waals surface area contributed by atoms with Gasteiger partial charge in [-0.2, -0.15) is 13.9 Å². The molecule has 200 valence electrons. The van der Waals surface area contributed by atoms with E-state index in [2.05, 4.69) is 9.97 Å². The molecule has 0 radical (unpaired) electrons. The second kappa shape index (κ2) is 7.99. The maximum atomic E-state index is 13.3. The molecular formula is C27H24F2N6O4. The number of alkyl halides is 2. The fourth-order valence-electron chi connectivity index (χ4n) is 6.45. The molecule has 0 spiro atoms. The topological polar surface area (TPSA) is 126 Å². The summed E-state index contributed by atoms with van der Waals surface area (Å²) < 4.78 is 33.1. The van der Waals surface area contributed by atoms with Gasteiger partial charge in [-0.05, 0) is 31.5 Å². The van der Waals surface area contributed by atoms with Crippen molar-refractivity contribution in [3.05, 3.63) is 71.1 Å². The molecule has 2 bridgehead atoms. The van der Waals surface area contributed by atoms with Crippen LogP contribution in [-0.2, 0) is 5.60 Å². The number of ether oxygens (including phenoxy) is 1. The fraction of sp³-hybridized carbons (Fsp3) is 0.370. The Kier molecular flexibility index (Phi) is 4.93. The zero-order valence-electron chi connectivity index (χ0n) is 21.0. The highest BCUT2D eigenvalue weighted by Crippen LogP contribution is 2.53. The van der Waals surface area contributed by atoms with Crippen molar-refractivity contribution >= 4 is 11.6 Å². The Morgan fingerprint density at radius 2 is 1.87 bits per heavy atom. The predicted octanol–water partition coefficient (Wildman–Crippen LogP) is 3.18. The number of carbonyl (C=O) groups is 1. The maximum absolute atomic E-state index is 13.3. The summed E-state index contributed by atoms with van der Waals surface area (Å²) in [5, 5.41) is 25.5. The summed E-state index contributed by atoms with van der Waals surface area (Å²) in [6.07, 6.45) is 5.68. The Balaban J connectivity index is 1.33. The van der Waals surface area contributed by atoms with Gasteiger partial charge in [-0.1, -0.05) is 6.07 Å². The van der Waals surface area contributed by atoms with Gasteiger partial charge < -0.3 is 19.8 Å². The van der Waals surface area contributed by atoms with E-state index in [9.17, 15) is 23.8 Å². The lowest BCUT2D eigenvalue weighted by molar-refractivity contribution is -0.180. The van der Waals surface area contributed by atoms with E-state index in [4.69, 9.17) is 14.8 Å². The van der Waals surface area contributed by atoms with Crippen LogP contribution in [0.4, 0.5) is 8.78 Å². The first-order valence-electron chi connectivity index (χ1n) is 12.6. The Morgan fingerprint density at radius 1 is 1.13 bits per heavy atom. The SMILES string of the molecule is CN1C(=O)c2cccc(OC(F)F)c2C2CC1c1nn3ccc(-c4cnc(C5(O)CC(C)(O)C5)nc4)nc3c12. The Hall–Kier alpha value is -4.03. The van der Waals surface area contributed by atoms with Gasteiger partial charge in [0, 0.05) is 66.7 Å². The molecule has 0 saturated heterocycles. The van der Waals surface area contributed by atoms with E-state index in [0.29, 0.717) is 40.1 Å². The third-order valence-corrected chi connectivity index (χ3v) is 8.03. The second-order valence-corrected chi connectivity index (χ2v) is 10.9. The van der Waals surface area contributed by atoms with Gasteiger partial charge in [0.05, 0.1) is 23.0 Å². The summed E-state index contributed by atoms with van der Waals surface area (Å²) in [6, 6.07) is 6.03. The van der Waals surface area contributed by atoms with Crippen molar-refractivity contribution in [3.8, 4) is 17.0 Å². The molecule has 1 fully saturated rings. The minimum absolute atomic E-state index is 0.0323. The third kappa shape index (κ3) is 3.54. The molecule has 4 aromatic rings. The van der Waals surface area contributed by atoms with Crippen molar-refractivity contribution in [2.75, 3.05) is 7.05 Å². The number of carbonyl (C=O) groups excluding carboxylic acids is 1. The monoisotopic (exact) mass is 534 g/mol. The quantitative estimate of drug-likeness (QED) is 0.409. The lowest BCUT2D eigenvalue weighted by Crippen LogP contribution is -2.53. The van der Waals surface area contributed by atoms with Crippen LogP contribution in [0.2, 0.25) is 0 Å². The smallest absolute Gasteiger partial charge is 0.387 e. The van der Waals surface area contributed by atoms with Gasteiger partial charge in [0.1, 0.15) is 11.4 Å². The van der Waals surface area contributed by atoms with Crippen molar-refractivity contribution in [1.29, 1.82) is 0 Å². The van der Waals surface area contributed by atoms with Crippen LogP contribution in [-0.4, -0.2) is 64.8 Å². The van der Waals surface area contributed by atoms with Crippen molar-refractivity contribution in [2.24, 2.45) is 0 Å². The summed E-state index contributed by atoms with van der Waals surface area (Å²) in [5.41, 5.74) is 1.66. The average molecular weight is 535 g/mol. The van der Waals surface area contributed by atoms with E-state index in [1.165, 1.54) is 6.07 Å². The first-order valence-corrected chi connectivity index (χ1v) is 12.6. The lowest BCUT2D eigenvalue weighted by Gasteiger charge is -2.46. The van der Waals surface area contributed by atoms with Crippen molar-refractivity contribution in [1.82, 2.24) is 29.5 Å². The molecule has 3 aromatic heterocycles. The summed E-state index contributed by atoms with van der Waals surface area (Å²) in [6.45, 7) is -1.38. The summed E-state index contributed by atoms with van der Waals surface area (Å²) in [5.74, 6) is -0.496. The molecule has 1 aromatic carbocycles. The van der Waals surface area contributed by atoms with Crippen molar-refractivity contribution < 1.29 is 28.5 Å². The van der Waals surface area contributed by atoms with Gasteiger partial charge in [0.2, 0.25) is 0 Å². The van der Waals surface area contributed by atoms with Gasteiger partial charge >= 0.3 is 6.61 Å². The standard InChI is InChI=1S/C27H24F2N6O4/c1-26(37)11-27(38,12-26)24-30-9-13(10-31-24)16-6-7-35-22(32-16)20-15-8-17(21(20)33-35)34(2)23(36)14-4-3-5-18(19(14)15)39-25(28)29/h3-7,9-10,15,17,25,37-38H,8,11-12H2,1-2H3. The molecule has 1 aliphatic heterocycles. The third-order valence-electron chi connectivity index (χ3n) is 8.03. The Bertz CT molecular complexity index is 1650. The van der Waals surface area contributed by atoms with Gasteiger partial charge in [-0.3, -0.25) is 4.79 Å². The van der Waals surface area contributed by atoms with Crippen LogP contribution in [0.1, 0.15) is 71.1 Å². The Labute approximate surface area is 220 Å². The number of nitrogens with zero attached hydrogens (tertiary/aromatic N) is 6. The van der Waals surface area contributed by atoms with E-state index >= 15 is 0 Å². The molecule has 2 atom stereocenters. The molecule has 12 heteroatoms. The molecule has 1 amide bonds. The molecule has 39 heavy (non-hydrogen) atoms. The van der Waals surface area contributed by atoms with Gasteiger partial charge in [0.15, 0.2) is 11.5 Å². The molecule has 2 unspecified atom stereocenters. The first-order chi connectivity index (χ1) is 18.5.